The molecular weight excluding hydrogens is 228 g/mol. The van der Waals surface area contributed by atoms with Crippen LogP contribution in [0.5, 0.6) is 0 Å². The van der Waals surface area contributed by atoms with Crippen LogP contribution in [-0.4, -0.2) is 0 Å². The summed E-state index contributed by atoms with van der Waals surface area (Å²) in [7, 11) is 0. The van der Waals surface area contributed by atoms with Crippen molar-refractivity contribution >= 4 is 6.08 Å². The predicted octanol–water partition coefficient (Wildman–Crippen LogP) is 5.24. The third-order valence-corrected chi connectivity index (χ3v) is 3.28. The lowest BCUT2D eigenvalue weighted by Gasteiger charge is -2.18. The Balaban J connectivity index is 1.99. The molecule has 0 amide bonds. The van der Waals surface area contributed by atoms with E-state index < -0.39 is 0 Å². The number of hydrogen-bond donors (Lipinski definition) is 0. The van der Waals surface area contributed by atoms with Gasteiger partial charge in [0.25, 0.3) is 0 Å². The first-order valence-electron chi connectivity index (χ1n) is 6.87. The maximum absolute atomic E-state index is 2.25. The summed E-state index contributed by atoms with van der Waals surface area (Å²) in [4.78, 5) is 0. The van der Waals surface area contributed by atoms with Crippen molar-refractivity contribution in [2.24, 2.45) is 0 Å². The second-order valence-electron chi connectivity index (χ2n) is 5.96. The van der Waals surface area contributed by atoms with E-state index in [1.165, 1.54) is 16.7 Å². The van der Waals surface area contributed by atoms with Crippen LogP contribution >= 0.6 is 0 Å². The minimum Gasteiger partial charge on any atom is -0.0795 e. The van der Waals surface area contributed by atoms with E-state index in [9.17, 15) is 0 Å². The van der Waals surface area contributed by atoms with Gasteiger partial charge in [-0.15, -0.1) is 0 Å². The van der Waals surface area contributed by atoms with E-state index in [1.54, 1.807) is 0 Å². The molecule has 2 rings (SSSR count). The average molecular weight is 250 g/mol. The Morgan fingerprint density at radius 2 is 1.47 bits per heavy atom. The van der Waals surface area contributed by atoms with Gasteiger partial charge in [0.1, 0.15) is 0 Å². The minimum atomic E-state index is 0.235. The summed E-state index contributed by atoms with van der Waals surface area (Å²) in [5, 5.41) is 0. The van der Waals surface area contributed by atoms with Crippen LogP contribution in [0.2, 0.25) is 0 Å². The second kappa shape index (κ2) is 5.88. The predicted molar refractivity (Wildman–Crippen MR) is 84.3 cm³/mol. The average Bonchev–Trinajstić information content (AvgIpc) is 2.39. The topological polar surface area (TPSA) is 0 Å². The molecule has 0 nitrogen and oxygen atoms in total. The van der Waals surface area contributed by atoms with Gasteiger partial charge in [0.05, 0.1) is 0 Å². The first-order chi connectivity index (χ1) is 9.05. The van der Waals surface area contributed by atoms with Crippen LogP contribution in [0, 0.1) is 0 Å². The molecule has 98 valence electrons. The summed E-state index contributed by atoms with van der Waals surface area (Å²) in [5.41, 5.74) is 4.25. The van der Waals surface area contributed by atoms with Gasteiger partial charge in [0.15, 0.2) is 0 Å². The summed E-state index contributed by atoms with van der Waals surface area (Å²) >= 11 is 0. The Bertz CT molecular complexity index is 525. The lowest BCUT2D eigenvalue weighted by Crippen LogP contribution is -2.10. The Morgan fingerprint density at radius 1 is 0.842 bits per heavy atom. The van der Waals surface area contributed by atoms with Crippen LogP contribution in [0.15, 0.2) is 60.7 Å². The van der Waals surface area contributed by atoms with Crippen molar-refractivity contribution < 1.29 is 0 Å². The number of benzene rings is 2. The molecule has 0 fully saturated rings. The highest BCUT2D eigenvalue weighted by atomic mass is 14.2. The summed E-state index contributed by atoms with van der Waals surface area (Å²) in [6, 6.07) is 19.4. The first kappa shape index (κ1) is 13.6. The fraction of sp³-hybridized carbons (Fsp3) is 0.263. The maximum Gasteiger partial charge on any atom is -0.00941 e. The molecule has 0 N–H and O–H groups in total. The summed E-state index contributed by atoms with van der Waals surface area (Å²) in [6.07, 6.45) is 5.39. The van der Waals surface area contributed by atoms with Gasteiger partial charge in [0.2, 0.25) is 0 Å². The molecule has 0 aliphatic heterocycles. The van der Waals surface area contributed by atoms with E-state index in [4.69, 9.17) is 0 Å². The van der Waals surface area contributed by atoms with Crippen molar-refractivity contribution in [1.29, 1.82) is 0 Å². The lowest BCUT2D eigenvalue weighted by atomic mass is 9.86. The van der Waals surface area contributed by atoms with Gasteiger partial charge in [-0.1, -0.05) is 87.5 Å². The lowest BCUT2D eigenvalue weighted by molar-refractivity contribution is 0.590. The van der Waals surface area contributed by atoms with Crippen LogP contribution in [-0.2, 0) is 11.8 Å². The van der Waals surface area contributed by atoms with Crippen molar-refractivity contribution in [3.8, 4) is 0 Å². The Kier molecular flexibility index (Phi) is 4.21. The SMILES string of the molecule is CC(C)(C)c1ccc(C/C=C/c2ccccc2)cc1. The first-order valence-corrected chi connectivity index (χ1v) is 6.87. The van der Waals surface area contributed by atoms with Gasteiger partial charge in [0, 0.05) is 0 Å². The third kappa shape index (κ3) is 4.10. The smallest absolute Gasteiger partial charge is 0.00941 e. The van der Waals surface area contributed by atoms with Crippen LogP contribution in [0.25, 0.3) is 6.08 Å². The Morgan fingerprint density at radius 3 is 2.05 bits per heavy atom. The Labute approximate surface area is 116 Å². The highest BCUT2D eigenvalue weighted by Gasteiger charge is 2.12. The minimum absolute atomic E-state index is 0.235. The normalized spacial score (nSPS) is 11.9. The van der Waals surface area contributed by atoms with Crippen LogP contribution in [0.3, 0.4) is 0 Å². The third-order valence-electron chi connectivity index (χ3n) is 3.28. The molecule has 0 atom stereocenters. The zero-order chi connectivity index (χ0) is 13.7. The van der Waals surface area contributed by atoms with Crippen molar-refractivity contribution in [2.45, 2.75) is 32.6 Å². The summed E-state index contributed by atoms with van der Waals surface area (Å²) in [5.74, 6) is 0. The largest absolute Gasteiger partial charge is 0.0795 e. The quantitative estimate of drug-likeness (QED) is 0.698. The molecule has 0 aromatic heterocycles. The standard InChI is InChI=1S/C19H22/c1-19(2,3)18-14-12-17(13-15-18)11-7-10-16-8-5-4-6-9-16/h4-10,12-15H,11H2,1-3H3/b10-7+. The van der Waals surface area contributed by atoms with Crippen LogP contribution in [0.1, 0.15) is 37.5 Å². The molecule has 0 heterocycles. The van der Waals surface area contributed by atoms with Crippen molar-refractivity contribution in [3.63, 3.8) is 0 Å². The van der Waals surface area contributed by atoms with E-state index in [-0.39, 0.29) is 5.41 Å². The number of allylic oxidation sites excluding steroid dienone is 1. The van der Waals surface area contributed by atoms with Gasteiger partial charge in [-0.25, -0.2) is 0 Å². The van der Waals surface area contributed by atoms with E-state index in [2.05, 4.69) is 81.5 Å². The second-order valence-corrected chi connectivity index (χ2v) is 5.96. The molecule has 0 aliphatic rings. The van der Waals surface area contributed by atoms with E-state index in [0.717, 1.165) is 6.42 Å². The molecule has 0 spiro atoms. The van der Waals surface area contributed by atoms with Gasteiger partial charge in [-0.05, 0) is 28.5 Å². The number of hydrogen-bond acceptors (Lipinski definition) is 0. The molecule has 0 saturated heterocycles. The van der Waals surface area contributed by atoms with Crippen molar-refractivity contribution in [3.05, 3.63) is 77.4 Å². The fourth-order valence-electron chi connectivity index (χ4n) is 2.04. The van der Waals surface area contributed by atoms with E-state index >= 15 is 0 Å². The van der Waals surface area contributed by atoms with Gasteiger partial charge in [-0.3, -0.25) is 0 Å². The van der Waals surface area contributed by atoms with Crippen LogP contribution in [0.4, 0.5) is 0 Å². The summed E-state index contributed by atoms with van der Waals surface area (Å²) in [6.45, 7) is 6.74. The van der Waals surface area contributed by atoms with Crippen molar-refractivity contribution in [1.82, 2.24) is 0 Å². The zero-order valence-corrected chi connectivity index (χ0v) is 12.1. The zero-order valence-electron chi connectivity index (χ0n) is 12.1. The number of rotatable bonds is 3. The molecule has 0 aliphatic carbocycles. The molecule has 0 radical (unpaired) electrons. The van der Waals surface area contributed by atoms with Crippen molar-refractivity contribution in [2.75, 3.05) is 0 Å². The molecule has 0 unspecified atom stereocenters. The Hall–Kier alpha value is -1.82. The monoisotopic (exact) mass is 250 g/mol. The molecule has 19 heavy (non-hydrogen) atoms. The van der Waals surface area contributed by atoms with Gasteiger partial charge >= 0.3 is 0 Å². The van der Waals surface area contributed by atoms with Gasteiger partial charge in [-0.2, -0.15) is 0 Å². The van der Waals surface area contributed by atoms with Gasteiger partial charge < -0.3 is 0 Å². The summed E-state index contributed by atoms with van der Waals surface area (Å²) < 4.78 is 0. The highest BCUT2D eigenvalue weighted by Crippen LogP contribution is 2.22. The molecule has 2 aromatic rings. The maximum atomic E-state index is 2.25. The van der Waals surface area contributed by atoms with E-state index in [0.29, 0.717) is 0 Å². The molecular formula is C19H22. The fourth-order valence-corrected chi connectivity index (χ4v) is 2.04. The molecule has 0 bridgehead atoms. The van der Waals surface area contributed by atoms with Crippen LogP contribution < -0.4 is 0 Å². The van der Waals surface area contributed by atoms with E-state index in [1.807, 2.05) is 6.07 Å². The molecule has 0 saturated carbocycles. The molecule has 0 heteroatoms. The highest BCUT2D eigenvalue weighted by molar-refractivity contribution is 5.49. The molecule has 2 aromatic carbocycles.